The van der Waals surface area contributed by atoms with Gasteiger partial charge in [-0.2, -0.15) is 0 Å². The van der Waals surface area contributed by atoms with Gasteiger partial charge in [0, 0.05) is 0 Å². The molecule has 0 radical (unpaired) electrons. The molecule has 2 aliphatic carbocycles. The summed E-state index contributed by atoms with van der Waals surface area (Å²) in [5.74, 6) is 3.87. The Labute approximate surface area is 213 Å². The molecule has 3 rings (SSSR count). The van der Waals surface area contributed by atoms with Crippen molar-refractivity contribution in [1.82, 2.24) is 0 Å². The van der Waals surface area contributed by atoms with E-state index in [0.29, 0.717) is 6.42 Å². The molecule has 0 aliphatic heterocycles. The van der Waals surface area contributed by atoms with Gasteiger partial charge in [-0.05, 0) is 92.7 Å². The summed E-state index contributed by atoms with van der Waals surface area (Å²) in [7, 11) is 0. The van der Waals surface area contributed by atoms with E-state index in [1.54, 1.807) is 0 Å². The predicted molar refractivity (Wildman–Crippen MR) is 143 cm³/mol. The van der Waals surface area contributed by atoms with Gasteiger partial charge in [-0.15, -0.1) is 6.42 Å². The molecule has 0 amide bonds. The van der Waals surface area contributed by atoms with Gasteiger partial charge in [-0.1, -0.05) is 77.6 Å². The van der Waals surface area contributed by atoms with Crippen LogP contribution in [0.2, 0.25) is 0 Å². The van der Waals surface area contributed by atoms with Gasteiger partial charge in [0.15, 0.2) is 23.5 Å². The molecule has 0 unspecified atom stereocenters. The largest absolute Gasteiger partial charge is 0.472 e. The number of benzene rings is 1. The average Bonchev–Trinajstić information content (AvgIpc) is 2.88. The topological polar surface area (TPSA) is 9.23 Å². The number of halogens is 2. The number of unbranched alkanes of at least 4 members (excludes halogenated alkanes) is 5. The highest BCUT2D eigenvalue weighted by Gasteiger charge is 2.32. The Kier molecular flexibility index (Phi) is 11.9. The molecule has 2 aliphatic rings. The summed E-state index contributed by atoms with van der Waals surface area (Å²) in [5, 5.41) is 0. The molecule has 0 aromatic heterocycles. The van der Waals surface area contributed by atoms with Crippen molar-refractivity contribution in [1.29, 1.82) is 0 Å². The fraction of sp³-hybridized carbons (Fsp3) is 0.750. The second-order valence-electron chi connectivity index (χ2n) is 11.3. The first kappa shape index (κ1) is 28.0. The minimum Gasteiger partial charge on any atom is -0.472 e. The first-order chi connectivity index (χ1) is 17.0. The highest BCUT2D eigenvalue weighted by Crippen LogP contribution is 2.45. The van der Waals surface area contributed by atoms with Crippen molar-refractivity contribution in [2.45, 2.75) is 135 Å². The van der Waals surface area contributed by atoms with Gasteiger partial charge < -0.3 is 4.74 Å². The van der Waals surface area contributed by atoms with Crippen LogP contribution in [-0.2, 0) is 0 Å². The quantitative estimate of drug-likeness (QED) is 0.199. The molecule has 1 aromatic carbocycles. The minimum atomic E-state index is -0.614. The molecule has 0 heterocycles. The van der Waals surface area contributed by atoms with Crippen molar-refractivity contribution in [2.75, 3.05) is 0 Å². The molecule has 0 saturated heterocycles. The zero-order valence-corrected chi connectivity index (χ0v) is 22.3. The van der Waals surface area contributed by atoms with E-state index in [-0.39, 0.29) is 11.7 Å². The van der Waals surface area contributed by atoms with Gasteiger partial charge in [0.25, 0.3) is 0 Å². The van der Waals surface area contributed by atoms with Crippen LogP contribution in [0.1, 0.15) is 134 Å². The number of rotatable bonds is 13. The molecule has 1 nitrogen and oxygen atoms in total. The van der Waals surface area contributed by atoms with Crippen LogP contribution in [0, 0.1) is 41.7 Å². The molecule has 196 valence electrons. The van der Waals surface area contributed by atoms with Crippen LogP contribution in [-0.4, -0.2) is 6.10 Å². The molecule has 3 heteroatoms. The van der Waals surface area contributed by atoms with Crippen LogP contribution in [0.15, 0.2) is 12.1 Å². The summed E-state index contributed by atoms with van der Waals surface area (Å²) in [4.78, 5) is 0. The lowest BCUT2D eigenvalue weighted by Gasteiger charge is -2.38. The van der Waals surface area contributed by atoms with E-state index < -0.39 is 17.7 Å². The summed E-state index contributed by atoms with van der Waals surface area (Å²) in [6.07, 6.45) is 25.4. The monoisotopic (exact) mass is 486 g/mol. The van der Waals surface area contributed by atoms with Crippen molar-refractivity contribution in [3.63, 3.8) is 0 Å². The van der Waals surface area contributed by atoms with Crippen molar-refractivity contribution in [3.05, 3.63) is 29.3 Å². The summed E-state index contributed by atoms with van der Waals surface area (Å²) in [6.45, 7) is 4.43. The summed E-state index contributed by atoms with van der Waals surface area (Å²) in [5.41, 5.74) is 0.783. The number of hydrogen-bond donors (Lipinski definition) is 0. The normalized spacial score (nSPS) is 25.7. The molecule has 1 aromatic rings. The summed E-state index contributed by atoms with van der Waals surface area (Å²) in [6, 6.07) is 2.99. The Morgan fingerprint density at radius 2 is 1.40 bits per heavy atom. The molecule has 35 heavy (non-hydrogen) atoms. The van der Waals surface area contributed by atoms with Crippen molar-refractivity contribution >= 4 is 0 Å². The zero-order chi connectivity index (χ0) is 25.0. The van der Waals surface area contributed by atoms with E-state index >= 15 is 0 Å². The fourth-order valence-corrected chi connectivity index (χ4v) is 6.56. The Bertz CT molecular complexity index is 758. The van der Waals surface area contributed by atoms with Crippen LogP contribution in [0.4, 0.5) is 8.78 Å². The van der Waals surface area contributed by atoms with Gasteiger partial charge in [-0.25, -0.2) is 8.78 Å². The maximum Gasteiger partial charge on any atom is 0.192 e. The van der Waals surface area contributed by atoms with Crippen molar-refractivity contribution in [2.24, 2.45) is 17.8 Å². The maximum atomic E-state index is 14.9. The van der Waals surface area contributed by atoms with Gasteiger partial charge >= 0.3 is 0 Å². The number of terminal acetylenes is 1. The standard InChI is InChI=1S/C32H48F2O/c1-4-7-9-11-13-29(6-3)35-32-30(33)22-28(23-31(32)34)27-20-18-26(19-21-27)25-16-14-24(15-17-25)12-10-8-5-2/h3,22-27,29H,4-5,7-21H2,1-2H3/t24?,25?,26?,27?,29-/m1/s1. The lowest BCUT2D eigenvalue weighted by molar-refractivity contribution is 0.155. The minimum absolute atomic E-state index is 0.243. The smallest absolute Gasteiger partial charge is 0.192 e. The van der Waals surface area contributed by atoms with E-state index in [2.05, 4.69) is 19.8 Å². The number of hydrogen-bond acceptors (Lipinski definition) is 1. The van der Waals surface area contributed by atoms with E-state index in [1.807, 2.05) is 0 Å². The van der Waals surface area contributed by atoms with E-state index in [4.69, 9.17) is 11.2 Å². The Morgan fingerprint density at radius 3 is 1.97 bits per heavy atom. The SMILES string of the molecule is C#C[C@H](CCCCCC)Oc1c(F)cc(C2CCC(C3CCC(CCCCC)CC3)CC2)cc1F. The van der Waals surface area contributed by atoms with Gasteiger partial charge in [-0.3, -0.25) is 0 Å². The second-order valence-corrected chi connectivity index (χ2v) is 11.3. The fourth-order valence-electron chi connectivity index (χ4n) is 6.56. The Morgan fingerprint density at radius 1 is 0.829 bits per heavy atom. The third-order valence-corrected chi connectivity index (χ3v) is 8.80. The first-order valence-electron chi connectivity index (χ1n) is 14.7. The third-order valence-electron chi connectivity index (χ3n) is 8.80. The predicted octanol–water partition coefficient (Wildman–Crippen LogP) is 9.98. The maximum absolute atomic E-state index is 14.9. The van der Waals surface area contributed by atoms with Gasteiger partial charge in [0.05, 0.1) is 0 Å². The summed E-state index contributed by atoms with van der Waals surface area (Å²) < 4.78 is 35.4. The zero-order valence-electron chi connectivity index (χ0n) is 22.3. The van der Waals surface area contributed by atoms with Gasteiger partial charge in [0.1, 0.15) is 0 Å². The second kappa shape index (κ2) is 14.9. The van der Waals surface area contributed by atoms with Crippen molar-refractivity contribution < 1.29 is 13.5 Å². The Hall–Kier alpha value is -1.56. The average molecular weight is 487 g/mol. The lowest BCUT2D eigenvalue weighted by Crippen LogP contribution is -2.25. The van der Waals surface area contributed by atoms with E-state index in [9.17, 15) is 8.78 Å². The van der Waals surface area contributed by atoms with Crippen LogP contribution >= 0.6 is 0 Å². The molecule has 0 spiro atoms. The lowest BCUT2D eigenvalue weighted by atomic mass is 9.68. The first-order valence-corrected chi connectivity index (χ1v) is 14.7. The van der Waals surface area contributed by atoms with Crippen LogP contribution < -0.4 is 4.74 Å². The molecule has 1 atom stereocenters. The highest BCUT2D eigenvalue weighted by molar-refractivity contribution is 5.34. The summed E-state index contributed by atoms with van der Waals surface area (Å²) >= 11 is 0. The van der Waals surface area contributed by atoms with E-state index in [0.717, 1.165) is 61.8 Å². The molecule has 2 saturated carbocycles. The van der Waals surface area contributed by atoms with Crippen molar-refractivity contribution in [3.8, 4) is 18.1 Å². The van der Waals surface area contributed by atoms with Crippen LogP contribution in [0.25, 0.3) is 0 Å². The molecule has 2 fully saturated rings. The van der Waals surface area contributed by atoms with Gasteiger partial charge in [0.2, 0.25) is 0 Å². The van der Waals surface area contributed by atoms with Crippen LogP contribution in [0.5, 0.6) is 5.75 Å². The number of ether oxygens (including phenoxy) is 1. The molecular formula is C32H48F2O. The van der Waals surface area contributed by atoms with E-state index in [1.165, 1.54) is 76.3 Å². The molecule has 0 bridgehead atoms. The van der Waals surface area contributed by atoms with Crippen LogP contribution in [0.3, 0.4) is 0 Å². The Balaban J connectivity index is 1.48. The highest BCUT2D eigenvalue weighted by atomic mass is 19.1. The molecule has 0 N–H and O–H groups in total. The third kappa shape index (κ3) is 8.51. The molecular weight excluding hydrogens is 438 g/mol.